The number of hydrogen-bond donors (Lipinski definition) is 1. The largest absolute Gasteiger partial charge is 0.351 e. The Hall–Kier alpha value is -3.75. The van der Waals surface area contributed by atoms with Crippen LogP contribution in [0, 0.1) is 10.1 Å². The van der Waals surface area contributed by atoms with Gasteiger partial charge in [0.25, 0.3) is 5.69 Å². The van der Waals surface area contributed by atoms with Crippen molar-refractivity contribution in [3.8, 4) is 5.69 Å². The summed E-state index contributed by atoms with van der Waals surface area (Å²) in [6, 6.07) is 23.3. The maximum absolute atomic E-state index is 11.4. The number of benzene rings is 2. The molecule has 2 aromatic heterocycles. The Kier molecular flexibility index (Phi) is 5.53. The Morgan fingerprint density at radius 3 is 2.55 bits per heavy atom. The molecule has 4 aromatic rings. The number of nitro benzene ring substituents is 1. The van der Waals surface area contributed by atoms with Crippen LogP contribution in [0.25, 0.3) is 5.69 Å². The summed E-state index contributed by atoms with van der Waals surface area (Å²) >= 11 is 11.9. The minimum Gasteiger partial charge on any atom is -0.351 e. The number of pyridine rings is 1. The maximum atomic E-state index is 11.4. The first-order chi connectivity index (χ1) is 16.0. The predicted molar refractivity (Wildman–Crippen MR) is 132 cm³/mol. The van der Waals surface area contributed by atoms with E-state index in [9.17, 15) is 10.1 Å². The van der Waals surface area contributed by atoms with E-state index in [4.69, 9.17) is 23.8 Å². The molecule has 0 aliphatic carbocycles. The first-order valence-corrected chi connectivity index (χ1v) is 11.0. The van der Waals surface area contributed by atoms with Gasteiger partial charge in [0.2, 0.25) is 0 Å². The van der Waals surface area contributed by atoms with Crippen LogP contribution in [0.5, 0.6) is 0 Å². The molecule has 0 unspecified atom stereocenters. The SMILES string of the molecule is O=[N+]([O-])c1cccc(-n2cccc2[C@@H]2[C@H](c3ccccn3)NC(=S)N2c2ccc(Cl)cc2)c1. The van der Waals surface area contributed by atoms with Gasteiger partial charge in [0.15, 0.2) is 5.11 Å². The standard InChI is InChI=1S/C24H18ClN5O2S/c25-16-9-11-17(12-10-16)29-23(22(27-24(29)33)20-7-1-2-13-26-20)21-8-4-14-28(21)18-5-3-6-19(15-18)30(31)32/h1-15,22-23H,(H,27,33)/t22-,23+/m0/s1. The third-order valence-electron chi connectivity index (χ3n) is 5.60. The van der Waals surface area contributed by atoms with Crippen LogP contribution < -0.4 is 10.2 Å². The number of halogens is 1. The summed E-state index contributed by atoms with van der Waals surface area (Å²) < 4.78 is 1.95. The van der Waals surface area contributed by atoms with Gasteiger partial charge in [0.05, 0.1) is 22.3 Å². The van der Waals surface area contributed by atoms with Crippen molar-refractivity contribution in [2.24, 2.45) is 0 Å². The smallest absolute Gasteiger partial charge is 0.271 e. The van der Waals surface area contributed by atoms with E-state index in [2.05, 4.69) is 10.3 Å². The van der Waals surface area contributed by atoms with Gasteiger partial charge in [0.1, 0.15) is 6.04 Å². The highest BCUT2D eigenvalue weighted by Crippen LogP contribution is 2.42. The lowest BCUT2D eigenvalue weighted by Crippen LogP contribution is -2.30. The fraction of sp³-hybridized carbons (Fsp3) is 0.0833. The molecule has 0 saturated carbocycles. The number of rotatable bonds is 5. The molecule has 0 spiro atoms. The van der Waals surface area contributed by atoms with E-state index in [1.165, 1.54) is 6.07 Å². The van der Waals surface area contributed by atoms with Crippen molar-refractivity contribution < 1.29 is 4.92 Å². The summed E-state index contributed by atoms with van der Waals surface area (Å²) in [4.78, 5) is 17.6. The molecule has 3 heterocycles. The van der Waals surface area contributed by atoms with Gasteiger partial charge >= 0.3 is 0 Å². The Morgan fingerprint density at radius 1 is 1.00 bits per heavy atom. The van der Waals surface area contributed by atoms with E-state index in [-0.39, 0.29) is 17.8 Å². The fourth-order valence-electron chi connectivity index (χ4n) is 4.16. The summed E-state index contributed by atoms with van der Waals surface area (Å²) in [7, 11) is 0. The van der Waals surface area contributed by atoms with E-state index in [1.54, 1.807) is 18.3 Å². The number of nitro groups is 1. The molecule has 164 valence electrons. The molecule has 1 aliphatic rings. The van der Waals surface area contributed by atoms with Crippen molar-refractivity contribution in [3.05, 3.63) is 118 Å². The van der Waals surface area contributed by atoms with Crippen LogP contribution in [-0.2, 0) is 0 Å². The van der Waals surface area contributed by atoms with Crippen molar-refractivity contribution in [2.75, 3.05) is 4.90 Å². The van der Waals surface area contributed by atoms with Gasteiger partial charge in [-0.05, 0) is 66.8 Å². The molecule has 2 aromatic carbocycles. The molecule has 9 heteroatoms. The summed E-state index contributed by atoms with van der Waals surface area (Å²) in [5, 5.41) is 16.0. The van der Waals surface area contributed by atoms with Gasteiger partial charge in [-0.1, -0.05) is 23.7 Å². The van der Waals surface area contributed by atoms with Crippen LogP contribution in [0.15, 0.2) is 91.3 Å². The molecule has 2 atom stereocenters. The first kappa shape index (κ1) is 21.1. The quantitative estimate of drug-likeness (QED) is 0.229. The van der Waals surface area contributed by atoms with E-state index >= 15 is 0 Å². The third kappa shape index (κ3) is 3.94. The van der Waals surface area contributed by atoms with Gasteiger partial charge in [0, 0.05) is 40.9 Å². The van der Waals surface area contributed by atoms with Crippen molar-refractivity contribution in [1.29, 1.82) is 0 Å². The second-order valence-electron chi connectivity index (χ2n) is 7.55. The number of anilines is 1. The maximum Gasteiger partial charge on any atom is 0.271 e. The minimum atomic E-state index is -0.393. The van der Waals surface area contributed by atoms with E-state index in [1.807, 2.05) is 76.3 Å². The van der Waals surface area contributed by atoms with Crippen molar-refractivity contribution >= 4 is 40.3 Å². The Labute approximate surface area is 200 Å². The third-order valence-corrected chi connectivity index (χ3v) is 6.17. The second kappa shape index (κ2) is 8.65. The highest BCUT2D eigenvalue weighted by atomic mass is 35.5. The summed E-state index contributed by atoms with van der Waals surface area (Å²) in [5.74, 6) is 0. The Balaban J connectivity index is 1.66. The van der Waals surface area contributed by atoms with Crippen LogP contribution in [0.3, 0.4) is 0 Å². The Bertz CT molecular complexity index is 1330. The molecule has 7 nitrogen and oxygen atoms in total. The van der Waals surface area contributed by atoms with Crippen LogP contribution in [-0.4, -0.2) is 19.6 Å². The molecule has 0 radical (unpaired) electrons. The predicted octanol–water partition coefficient (Wildman–Crippen LogP) is 5.61. The zero-order valence-electron chi connectivity index (χ0n) is 17.2. The van der Waals surface area contributed by atoms with E-state index in [0.717, 1.165) is 17.1 Å². The van der Waals surface area contributed by atoms with Gasteiger partial charge in [-0.3, -0.25) is 15.1 Å². The topological polar surface area (TPSA) is 76.2 Å². The molecule has 5 rings (SSSR count). The van der Waals surface area contributed by atoms with Gasteiger partial charge in [-0.25, -0.2) is 0 Å². The minimum absolute atomic E-state index is 0.0306. The average Bonchev–Trinajstić information content (AvgIpc) is 3.44. The highest BCUT2D eigenvalue weighted by molar-refractivity contribution is 7.80. The second-order valence-corrected chi connectivity index (χ2v) is 8.38. The van der Waals surface area contributed by atoms with Crippen molar-refractivity contribution in [2.45, 2.75) is 12.1 Å². The first-order valence-electron chi connectivity index (χ1n) is 10.2. The lowest BCUT2D eigenvalue weighted by atomic mass is 10.0. The molecule has 33 heavy (non-hydrogen) atoms. The normalized spacial score (nSPS) is 17.7. The number of thiocarbonyl (C=S) groups is 1. The van der Waals surface area contributed by atoms with Crippen LogP contribution in [0.1, 0.15) is 23.5 Å². The van der Waals surface area contributed by atoms with E-state index < -0.39 is 4.92 Å². The van der Waals surface area contributed by atoms with Gasteiger partial charge in [-0.15, -0.1) is 0 Å². The van der Waals surface area contributed by atoms with Crippen molar-refractivity contribution in [3.63, 3.8) is 0 Å². The molecule has 0 bridgehead atoms. The number of hydrogen-bond acceptors (Lipinski definition) is 4. The van der Waals surface area contributed by atoms with Gasteiger partial charge < -0.3 is 14.8 Å². The molecule has 1 aliphatic heterocycles. The fourth-order valence-corrected chi connectivity index (χ4v) is 4.63. The van der Waals surface area contributed by atoms with Crippen LogP contribution in [0.2, 0.25) is 5.02 Å². The number of aromatic nitrogens is 2. The molecule has 0 amide bonds. The lowest BCUT2D eigenvalue weighted by molar-refractivity contribution is -0.384. The molecule has 1 saturated heterocycles. The zero-order valence-corrected chi connectivity index (χ0v) is 18.8. The van der Waals surface area contributed by atoms with Gasteiger partial charge in [-0.2, -0.15) is 0 Å². The average molecular weight is 476 g/mol. The summed E-state index contributed by atoms with van der Waals surface area (Å²) in [5.41, 5.74) is 3.36. The zero-order chi connectivity index (χ0) is 22.9. The number of nitrogens with zero attached hydrogens (tertiary/aromatic N) is 4. The van der Waals surface area contributed by atoms with Crippen molar-refractivity contribution in [1.82, 2.24) is 14.9 Å². The van der Waals surface area contributed by atoms with E-state index in [0.29, 0.717) is 15.8 Å². The summed E-state index contributed by atoms with van der Waals surface area (Å²) in [6.45, 7) is 0. The molecular formula is C24H18ClN5O2S. The molecular weight excluding hydrogens is 458 g/mol. The highest BCUT2D eigenvalue weighted by Gasteiger charge is 2.42. The molecule has 1 fully saturated rings. The Morgan fingerprint density at radius 2 is 1.82 bits per heavy atom. The lowest BCUT2D eigenvalue weighted by Gasteiger charge is -2.29. The monoisotopic (exact) mass is 475 g/mol. The van der Waals surface area contributed by atoms with Crippen LogP contribution >= 0.6 is 23.8 Å². The van der Waals surface area contributed by atoms with Crippen LogP contribution in [0.4, 0.5) is 11.4 Å². The molecule has 1 N–H and O–H groups in total. The number of non-ortho nitro benzene ring substituents is 1. The summed E-state index contributed by atoms with van der Waals surface area (Å²) in [6.07, 6.45) is 3.65. The number of nitrogens with one attached hydrogen (secondary N) is 1.